The molecule has 4 N–H and O–H groups in total. The van der Waals surface area contributed by atoms with E-state index in [1.165, 1.54) is 0 Å². The van der Waals surface area contributed by atoms with Crippen LogP contribution in [0.2, 0.25) is 0 Å². The van der Waals surface area contributed by atoms with E-state index in [0.717, 1.165) is 37.2 Å². The molecule has 0 amide bonds. The molecule has 1 aliphatic rings. The predicted octanol–water partition coefficient (Wildman–Crippen LogP) is 0.394. The molecule has 1 aromatic rings. The van der Waals surface area contributed by atoms with Gasteiger partial charge in [-0.1, -0.05) is 12.8 Å². The molecule has 4 atom stereocenters. The molecule has 0 radical (unpaired) electrons. The Labute approximate surface area is 154 Å². The number of rotatable bonds is 10. The molecule has 7 nitrogen and oxygen atoms in total. The van der Waals surface area contributed by atoms with Gasteiger partial charge >= 0.3 is 0 Å². The minimum Gasteiger partial charge on any atom is -0.497 e. The third-order valence-corrected chi connectivity index (χ3v) is 4.88. The van der Waals surface area contributed by atoms with Crippen molar-refractivity contribution >= 4 is 0 Å². The summed E-state index contributed by atoms with van der Waals surface area (Å²) in [5.74, 6) is 1.63. The number of nitrogens with zero attached hydrogens (tertiary/aromatic N) is 1. The monoisotopic (exact) mass is 369 g/mol. The highest BCUT2D eigenvalue weighted by Crippen LogP contribution is 2.20. The van der Waals surface area contributed by atoms with Crippen LogP contribution in [-0.2, 0) is 0 Å². The van der Waals surface area contributed by atoms with Gasteiger partial charge in [-0.3, -0.25) is 4.90 Å². The molecule has 1 aliphatic heterocycles. The molecule has 0 saturated carbocycles. The summed E-state index contributed by atoms with van der Waals surface area (Å²) in [5.41, 5.74) is 0. The molecule has 0 aromatic heterocycles. The minimum atomic E-state index is -1.20. The fourth-order valence-corrected chi connectivity index (χ4v) is 3.27. The smallest absolute Gasteiger partial charge is 0.119 e. The van der Waals surface area contributed by atoms with E-state index in [1.54, 1.807) is 7.11 Å². The number of hydrogen-bond acceptors (Lipinski definition) is 7. The van der Waals surface area contributed by atoms with Gasteiger partial charge in [-0.15, -0.1) is 0 Å². The number of methoxy groups -OCH3 is 1. The second-order valence-corrected chi connectivity index (χ2v) is 6.73. The van der Waals surface area contributed by atoms with Crippen LogP contribution in [-0.4, -0.2) is 83.1 Å². The van der Waals surface area contributed by atoms with E-state index >= 15 is 0 Å². The fraction of sp³-hybridized carbons (Fsp3) is 0.684. The lowest BCUT2D eigenvalue weighted by Gasteiger charge is -2.43. The predicted molar refractivity (Wildman–Crippen MR) is 97.4 cm³/mol. The van der Waals surface area contributed by atoms with Crippen LogP contribution in [0.3, 0.4) is 0 Å². The van der Waals surface area contributed by atoms with Crippen molar-refractivity contribution in [3.63, 3.8) is 0 Å². The summed E-state index contributed by atoms with van der Waals surface area (Å²) in [5, 5.41) is 38.9. The number of aliphatic hydroxyl groups excluding tert-OH is 4. The van der Waals surface area contributed by atoms with E-state index in [4.69, 9.17) is 9.47 Å². The maximum absolute atomic E-state index is 9.96. The van der Waals surface area contributed by atoms with Gasteiger partial charge in [-0.2, -0.15) is 0 Å². The summed E-state index contributed by atoms with van der Waals surface area (Å²) in [6.45, 7) is 1.36. The van der Waals surface area contributed by atoms with E-state index in [9.17, 15) is 20.4 Å². The van der Waals surface area contributed by atoms with Crippen LogP contribution in [0.15, 0.2) is 24.3 Å². The highest BCUT2D eigenvalue weighted by molar-refractivity contribution is 5.31. The van der Waals surface area contributed by atoms with Crippen molar-refractivity contribution in [1.29, 1.82) is 0 Å². The molecule has 1 fully saturated rings. The molecule has 1 aromatic carbocycles. The van der Waals surface area contributed by atoms with Gasteiger partial charge in [-0.05, 0) is 43.7 Å². The fourth-order valence-electron chi connectivity index (χ4n) is 3.27. The third kappa shape index (κ3) is 5.82. The number of ether oxygens (including phenoxy) is 2. The van der Waals surface area contributed by atoms with Crippen molar-refractivity contribution in [3.05, 3.63) is 24.3 Å². The first-order valence-electron chi connectivity index (χ1n) is 9.22. The van der Waals surface area contributed by atoms with Crippen LogP contribution in [0.5, 0.6) is 11.5 Å². The zero-order valence-electron chi connectivity index (χ0n) is 15.3. The van der Waals surface area contributed by atoms with E-state index in [0.29, 0.717) is 13.2 Å². The van der Waals surface area contributed by atoms with E-state index in [-0.39, 0.29) is 13.2 Å². The normalized spacial score (nSPS) is 26.7. The number of β-amino-alcohol motifs (C(OH)–C–C–N with tert-alkyl or cyclic N) is 1. The molecule has 1 heterocycles. The lowest BCUT2D eigenvalue weighted by atomic mass is 9.94. The van der Waals surface area contributed by atoms with Crippen LogP contribution in [0.1, 0.15) is 25.7 Å². The Hall–Kier alpha value is -1.38. The summed E-state index contributed by atoms with van der Waals surface area (Å²) in [7, 11) is 1.63. The van der Waals surface area contributed by atoms with E-state index < -0.39 is 24.4 Å². The number of aliphatic hydroxyl groups is 4. The van der Waals surface area contributed by atoms with Crippen molar-refractivity contribution in [1.82, 2.24) is 4.90 Å². The summed E-state index contributed by atoms with van der Waals surface area (Å²) in [6.07, 6.45) is 0.552. The maximum atomic E-state index is 9.96. The molecule has 148 valence electrons. The first-order valence-corrected chi connectivity index (χ1v) is 9.22. The van der Waals surface area contributed by atoms with Gasteiger partial charge in [0.1, 0.15) is 23.7 Å². The van der Waals surface area contributed by atoms with E-state index in [2.05, 4.69) is 0 Å². The first-order chi connectivity index (χ1) is 12.6. The van der Waals surface area contributed by atoms with Gasteiger partial charge in [0.15, 0.2) is 0 Å². The number of benzene rings is 1. The second kappa shape index (κ2) is 10.7. The quantitative estimate of drug-likeness (QED) is 0.443. The Morgan fingerprint density at radius 1 is 0.962 bits per heavy atom. The van der Waals surface area contributed by atoms with Crippen molar-refractivity contribution < 1.29 is 29.9 Å². The van der Waals surface area contributed by atoms with Crippen molar-refractivity contribution in [2.45, 2.75) is 50.0 Å². The first kappa shape index (κ1) is 20.9. The Morgan fingerprint density at radius 2 is 1.62 bits per heavy atom. The average molecular weight is 369 g/mol. The molecular weight excluding hydrogens is 338 g/mol. The van der Waals surface area contributed by atoms with Gasteiger partial charge in [0.25, 0.3) is 0 Å². The Kier molecular flexibility index (Phi) is 8.61. The van der Waals surface area contributed by atoms with Crippen LogP contribution >= 0.6 is 0 Å². The van der Waals surface area contributed by atoms with Crippen molar-refractivity contribution in [2.24, 2.45) is 0 Å². The van der Waals surface area contributed by atoms with Gasteiger partial charge in [0.05, 0.1) is 32.5 Å². The highest BCUT2D eigenvalue weighted by Gasteiger charge is 2.40. The highest BCUT2D eigenvalue weighted by atomic mass is 16.5. The van der Waals surface area contributed by atoms with Crippen LogP contribution in [0.25, 0.3) is 0 Å². The maximum Gasteiger partial charge on any atom is 0.119 e. The number of piperidine rings is 1. The lowest BCUT2D eigenvalue weighted by molar-refractivity contribution is -0.145. The molecule has 0 aliphatic carbocycles. The number of hydrogen-bond donors (Lipinski definition) is 4. The van der Waals surface area contributed by atoms with Crippen molar-refractivity contribution in [3.8, 4) is 11.5 Å². The molecule has 2 rings (SSSR count). The average Bonchev–Trinajstić information content (AvgIpc) is 2.66. The molecule has 1 saturated heterocycles. The second-order valence-electron chi connectivity index (χ2n) is 6.73. The summed E-state index contributed by atoms with van der Waals surface area (Å²) >= 11 is 0. The summed E-state index contributed by atoms with van der Waals surface area (Å²) < 4.78 is 10.8. The Morgan fingerprint density at radius 3 is 2.27 bits per heavy atom. The summed E-state index contributed by atoms with van der Waals surface area (Å²) in [6, 6.07) is 6.98. The Bertz CT molecular complexity index is 511. The topological polar surface area (TPSA) is 103 Å². The third-order valence-electron chi connectivity index (χ3n) is 4.88. The Balaban J connectivity index is 1.59. The number of unbranched alkanes of at least 4 members (excludes halogenated alkanes) is 3. The molecule has 7 heteroatoms. The zero-order valence-corrected chi connectivity index (χ0v) is 15.3. The molecule has 0 spiro atoms. The molecule has 26 heavy (non-hydrogen) atoms. The minimum absolute atomic E-state index is 0.235. The molecule has 0 unspecified atom stereocenters. The van der Waals surface area contributed by atoms with E-state index in [1.807, 2.05) is 29.2 Å². The standard InChI is InChI=1S/C19H31NO6/c1-25-14-6-8-15(9-7-14)26-11-5-3-2-4-10-20-12-17(22)19(24)18(23)16(20)13-21/h6-9,16-19,21-24H,2-5,10-13H2,1H3/t16-,17+,18-,19-/m1/s1. The SMILES string of the molecule is COc1ccc(OCCCCCCN2C[C@H](O)[C@@H](O)[C@H](O)[C@H]2CO)cc1. The molecule has 0 bridgehead atoms. The van der Waals surface area contributed by atoms with Crippen LogP contribution in [0, 0.1) is 0 Å². The largest absolute Gasteiger partial charge is 0.497 e. The summed E-state index contributed by atoms with van der Waals surface area (Å²) in [4.78, 5) is 1.86. The lowest BCUT2D eigenvalue weighted by Crippen LogP contribution is -2.62. The zero-order chi connectivity index (χ0) is 18.9. The van der Waals surface area contributed by atoms with Gasteiger partial charge in [0, 0.05) is 6.54 Å². The van der Waals surface area contributed by atoms with Crippen LogP contribution in [0.4, 0.5) is 0 Å². The van der Waals surface area contributed by atoms with Gasteiger partial charge in [-0.25, -0.2) is 0 Å². The van der Waals surface area contributed by atoms with Crippen LogP contribution < -0.4 is 9.47 Å². The van der Waals surface area contributed by atoms with Gasteiger partial charge < -0.3 is 29.9 Å². The molecular formula is C19H31NO6. The van der Waals surface area contributed by atoms with Gasteiger partial charge in [0.2, 0.25) is 0 Å². The number of likely N-dealkylation sites (tertiary alicyclic amines) is 1. The van der Waals surface area contributed by atoms with Crippen molar-refractivity contribution in [2.75, 3.05) is 33.4 Å².